The Morgan fingerprint density at radius 2 is 2.14 bits per heavy atom. The van der Waals surface area contributed by atoms with Gasteiger partial charge in [0.1, 0.15) is 0 Å². The van der Waals surface area contributed by atoms with Gasteiger partial charge in [0.25, 0.3) is 0 Å². The second-order valence-corrected chi connectivity index (χ2v) is 11.3. The van der Waals surface area contributed by atoms with Crippen molar-refractivity contribution in [1.29, 1.82) is 0 Å². The summed E-state index contributed by atoms with van der Waals surface area (Å²) in [5, 5.41) is 2.87. The van der Waals surface area contributed by atoms with Gasteiger partial charge >= 0.3 is 102 Å². The Hall–Kier alpha value is 0.655. The van der Waals surface area contributed by atoms with E-state index in [9.17, 15) is 4.79 Å². The molecule has 0 aliphatic rings. The van der Waals surface area contributed by atoms with E-state index in [1.807, 2.05) is 20.8 Å². The Balaban J connectivity index is 3.85. The zero-order chi connectivity index (χ0) is 11.2. The summed E-state index contributed by atoms with van der Waals surface area (Å²) in [6.07, 6.45) is 0.112. The molecule has 1 N–H and O–H groups in total. The minimum absolute atomic E-state index is 0.0609. The van der Waals surface area contributed by atoms with Crippen LogP contribution in [0.5, 0.6) is 0 Å². The van der Waals surface area contributed by atoms with E-state index in [1.165, 1.54) is 0 Å². The number of halogens is 1. The van der Waals surface area contributed by atoms with Crippen molar-refractivity contribution in [2.75, 3.05) is 13.7 Å². The Morgan fingerprint density at radius 3 is 2.50 bits per heavy atom. The number of nitrogens with one attached hydrogen (secondary N) is 1. The van der Waals surface area contributed by atoms with Crippen LogP contribution in [0, 0.1) is 5.41 Å². The van der Waals surface area contributed by atoms with Crippen LogP contribution in [0.4, 0.5) is 0 Å². The number of amides is 1. The number of ether oxygens (including phenoxy) is 1. The van der Waals surface area contributed by atoms with E-state index in [4.69, 9.17) is 13.0 Å². The van der Waals surface area contributed by atoms with Crippen molar-refractivity contribution in [3.05, 3.63) is 0 Å². The first-order valence-electron chi connectivity index (χ1n) is 4.79. The van der Waals surface area contributed by atoms with Crippen LogP contribution in [0.2, 0.25) is 3.93 Å². The molecular weight excluding hydrogens is 390 g/mol. The van der Waals surface area contributed by atoms with E-state index >= 15 is 0 Å². The summed E-state index contributed by atoms with van der Waals surface area (Å²) in [6.45, 7) is 6.27. The molecule has 0 saturated heterocycles. The second-order valence-electron chi connectivity index (χ2n) is 4.30. The summed E-state index contributed by atoms with van der Waals surface area (Å²) in [7, 11) is 7.47. The standard InChI is InChI=1S/C9H18NO2.ClH.Hg/c1-7(12-5)6-10-8(11)9(2,3)4;;/h7H,1,6H2,2-5H3,(H,10,11);1H;/q;;+1/p-1. The number of hydrogen-bond donors (Lipinski definition) is 1. The fourth-order valence-corrected chi connectivity index (χ4v) is 5.69. The molecule has 1 unspecified atom stereocenters. The molecule has 80 valence electrons. The van der Waals surface area contributed by atoms with Crippen molar-refractivity contribution in [2.24, 2.45) is 5.41 Å². The number of carbonyl (C=O) groups is 1. The number of methoxy groups -OCH3 is 1. The van der Waals surface area contributed by atoms with Crippen LogP contribution in [0.3, 0.4) is 0 Å². The van der Waals surface area contributed by atoms with Crippen LogP contribution in [0.25, 0.3) is 0 Å². The fraction of sp³-hybridized carbons (Fsp3) is 0.889. The first kappa shape index (κ1) is 14.7. The maximum atomic E-state index is 11.5. The van der Waals surface area contributed by atoms with Gasteiger partial charge in [-0.3, -0.25) is 0 Å². The predicted octanol–water partition coefficient (Wildman–Crippen LogP) is 1.82. The average Bonchev–Trinajstić information content (AvgIpc) is 2.10. The van der Waals surface area contributed by atoms with Gasteiger partial charge in [-0.2, -0.15) is 0 Å². The normalized spacial score (nSPS) is 13.2. The zero-order valence-corrected chi connectivity index (χ0v) is 15.6. The summed E-state index contributed by atoms with van der Waals surface area (Å²) in [6, 6.07) is 0. The molecule has 14 heavy (non-hydrogen) atoms. The Morgan fingerprint density at radius 1 is 1.57 bits per heavy atom. The Labute approximate surface area is 102 Å². The van der Waals surface area contributed by atoms with Crippen molar-refractivity contribution in [3.8, 4) is 0 Å². The van der Waals surface area contributed by atoms with Crippen molar-refractivity contribution in [3.63, 3.8) is 0 Å². The van der Waals surface area contributed by atoms with Crippen LogP contribution in [0.15, 0.2) is 0 Å². The van der Waals surface area contributed by atoms with Crippen LogP contribution in [-0.2, 0) is 32.9 Å². The molecule has 0 radical (unpaired) electrons. The van der Waals surface area contributed by atoms with Crippen LogP contribution in [-0.4, -0.2) is 25.7 Å². The number of carbonyl (C=O) groups excluding carboxylic acids is 1. The van der Waals surface area contributed by atoms with E-state index in [0.29, 0.717) is 6.54 Å². The molecule has 0 saturated carbocycles. The van der Waals surface area contributed by atoms with Gasteiger partial charge in [0, 0.05) is 0 Å². The van der Waals surface area contributed by atoms with Crippen LogP contribution < -0.4 is 5.32 Å². The monoisotopic (exact) mass is 409 g/mol. The molecule has 0 aliphatic carbocycles. The van der Waals surface area contributed by atoms with Crippen LogP contribution >= 0.6 is 8.25 Å². The van der Waals surface area contributed by atoms with E-state index in [1.54, 1.807) is 7.11 Å². The molecule has 0 fully saturated rings. The van der Waals surface area contributed by atoms with E-state index in [-0.39, 0.29) is 17.4 Å². The average molecular weight is 408 g/mol. The minimum atomic E-state index is -1.17. The molecule has 1 atom stereocenters. The van der Waals surface area contributed by atoms with Gasteiger partial charge < -0.3 is 0 Å². The third kappa shape index (κ3) is 6.20. The third-order valence-corrected chi connectivity index (χ3v) is 7.20. The summed E-state index contributed by atoms with van der Waals surface area (Å²) >= 11 is -1.17. The molecule has 1 amide bonds. The summed E-state index contributed by atoms with van der Waals surface area (Å²) < 4.78 is 6.18. The van der Waals surface area contributed by atoms with E-state index < -0.39 is 23.3 Å². The molecule has 0 aromatic rings. The van der Waals surface area contributed by atoms with Gasteiger partial charge in [-0.05, 0) is 0 Å². The molecule has 3 nitrogen and oxygen atoms in total. The van der Waals surface area contributed by atoms with Gasteiger partial charge in [-0.25, -0.2) is 0 Å². The summed E-state index contributed by atoms with van der Waals surface area (Å²) in [5.74, 6) is 0.0609. The van der Waals surface area contributed by atoms with E-state index in [0.717, 1.165) is 3.93 Å². The summed E-state index contributed by atoms with van der Waals surface area (Å²) in [4.78, 5) is 11.5. The first-order valence-corrected chi connectivity index (χ1v) is 15.4. The van der Waals surface area contributed by atoms with Gasteiger partial charge in [-0.15, -0.1) is 0 Å². The zero-order valence-electron chi connectivity index (χ0n) is 9.39. The molecule has 0 heterocycles. The molecule has 0 aromatic carbocycles. The third-order valence-electron chi connectivity index (χ3n) is 1.94. The van der Waals surface area contributed by atoms with Gasteiger partial charge in [0.2, 0.25) is 0 Å². The molecule has 5 heteroatoms. The Kier molecular flexibility index (Phi) is 7.34. The van der Waals surface area contributed by atoms with Crippen molar-refractivity contribution >= 4 is 14.2 Å². The van der Waals surface area contributed by atoms with Gasteiger partial charge in [0.05, 0.1) is 0 Å². The topological polar surface area (TPSA) is 38.3 Å². The van der Waals surface area contributed by atoms with Crippen LogP contribution in [0.1, 0.15) is 20.8 Å². The maximum absolute atomic E-state index is 11.5. The SMILES string of the molecule is COC(CNC(=O)C(C)(C)C)[CH2][Hg][Cl]. The predicted molar refractivity (Wildman–Crippen MR) is 53.9 cm³/mol. The second kappa shape index (κ2) is 7.02. The molecule has 0 aromatic heterocycles. The quantitative estimate of drug-likeness (QED) is 0.705. The molecule has 0 rings (SSSR count). The van der Waals surface area contributed by atoms with Gasteiger partial charge in [0.15, 0.2) is 0 Å². The molecular formula is C9H18ClHgNO2. The molecule has 0 spiro atoms. The molecule has 0 aliphatic heterocycles. The molecule has 0 bridgehead atoms. The first-order chi connectivity index (χ1) is 6.41. The van der Waals surface area contributed by atoms with Crippen molar-refractivity contribution < 1.29 is 32.9 Å². The van der Waals surface area contributed by atoms with Crippen molar-refractivity contribution in [2.45, 2.75) is 30.8 Å². The van der Waals surface area contributed by atoms with E-state index in [2.05, 4.69) is 5.32 Å². The fourth-order valence-electron chi connectivity index (χ4n) is 0.897. The van der Waals surface area contributed by atoms with Gasteiger partial charge in [-0.1, -0.05) is 0 Å². The number of hydrogen-bond acceptors (Lipinski definition) is 2. The number of rotatable bonds is 5. The summed E-state index contributed by atoms with van der Waals surface area (Å²) in [5.41, 5.74) is -0.330. The van der Waals surface area contributed by atoms with Crippen molar-refractivity contribution in [1.82, 2.24) is 5.32 Å². The Bertz CT molecular complexity index is 182.